The van der Waals surface area contributed by atoms with E-state index in [-0.39, 0.29) is 5.41 Å². The predicted molar refractivity (Wildman–Crippen MR) is 46.0 cm³/mol. The van der Waals surface area contributed by atoms with Gasteiger partial charge in [0, 0.05) is 18.5 Å². The van der Waals surface area contributed by atoms with Crippen LogP contribution >= 0.6 is 0 Å². The molecule has 0 atom stereocenters. The van der Waals surface area contributed by atoms with Gasteiger partial charge in [-0.25, -0.2) is 0 Å². The Morgan fingerprint density at radius 3 is 2.33 bits per heavy atom. The molecule has 0 spiro atoms. The molecule has 2 saturated heterocycles. The lowest BCUT2D eigenvalue weighted by atomic mass is 9.72. The van der Waals surface area contributed by atoms with Gasteiger partial charge in [0.25, 0.3) is 0 Å². The summed E-state index contributed by atoms with van der Waals surface area (Å²) in [5, 5.41) is 13.0. The third-order valence-electron chi connectivity index (χ3n) is 3.18. The fourth-order valence-electron chi connectivity index (χ4n) is 2.06. The zero-order valence-electron chi connectivity index (χ0n) is 7.60. The maximum absolute atomic E-state index is 9.92. The van der Waals surface area contributed by atoms with E-state index in [0.29, 0.717) is 0 Å². The third-order valence-corrected chi connectivity index (χ3v) is 3.18. The molecule has 2 aliphatic heterocycles. The van der Waals surface area contributed by atoms with Gasteiger partial charge in [0.15, 0.2) is 0 Å². The van der Waals surface area contributed by atoms with Crippen molar-refractivity contribution >= 4 is 0 Å². The maximum Gasteiger partial charge on any atom is 0.0902 e. The van der Waals surface area contributed by atoms with Gasteiger partial charge >= 0.3 is 0 Å². The zero-order valence-corrected chi connectivity index (χ0v) is 7.60. The Morgan fingerprint density at radius 1 is 1.42 bits per heavy atom. The molecule has 2 aliphatic rings. The normalized spacial score (nSPS) is 30.5. The summed E-state index contributed by atoms with van der Waals surface area (Å²) in [6, 6.07) is 0. The van der Waals surface area contributed by atoms with Gasteiger partial charge in [0.05, 0.1) is 18.8 Å². The van der Waals surface area contributed by atoms with Gasteiger partial charge in [-0.15, -0.1) is 0 Å². The molecule has 12 heavy (non-hydrogen) atoms. The molecule has 3 nitrogen and oxygen atoms in total. The highest BCUT2D eigenvalue weighted by molar-refractivity contribution is 5.00. The highest BCUT2D eigenvalue weighted by Gasteiger charge is 2.46. The quantitative estimate of drug-likeness (QED) is 0.634. The third kappa shape index (κ3) is 1.26. The van der Waals surface area contributed by atoms with Crippen LogP contribution < -0.4 is 5.32 Å². The molecule has 0 aromatic rings. The first-order valence-corrected chi connectivity index (χ1v) is 4.69. The van der Waals surface area contributed by atoms with Crippen molar-refractivity contribution < 1.29 is 9.84 Å². The number of hydrogen-bond donors (Lipinski definition) is 2. The minimum Gasteiger partial charge on any atom is -0.387 e. The summed E-state index contributed by atoms with van der Waals surface area (Å²) in [6.07, 6.45) is 2.03. The van der Waals surface area contributed by atoms with E-state index in [1.165, 1.54) is 0 Å². The molecule has 0 amide bonds. The number of ether oxygens (including phenoxy) is 1. The summed E-state index contributed by atoms with van der Waals surface area (Å²) in [5.74, 6) is 0. The van der Waals surface area contributed by atoms with E-state index in [1.54, 1.807) is 0 Å². The second-order valence-electron chi connectivity index (χ2n) is 4.35. The monoisotopic (exact) mass is 171 g/mol. The van der Waals surface area contributed by atoms with E-state index in [0.717, 1.165) is 39.1 Å². The highest BCUT2D eigenvalue weighted by atomic mass is 16.5. The molecule has 0 radical (unpaired) electrons. The summed E-state index contributed by atoms with van der Waals surface area (Å²) in [5.41, 5.74) is -0.142. The molecular weight excluding hydrogens is 154 g/mol. The number of aliphatic hydroxyl groups is 1. The van der Waals surface area contributed by atoms with Gasteiger partial charge in [-0.3, -0.25) is 0 Å². The Kier molecular flexibility index (Phi) is 1.90. The molecule has 0 aromatic carbocycles. The summed E-state index contributed by atoms with van der Waals surface area (Å²) < 4.78 is 5.21. The molecule has 0 aliphatic carbocycles. The van der Waals surface area contributed by atoms with Gasteiger partial charge in [-0.05, 0) is 12.8 Å². The largest absolute Gasteiger partial charge is 0.387 e. The van der Waals surface area contributed by atoms with Gasteiger partial charge in [-0.1, -0.05) is 6.92 Å². The SMILES string of the molecule is CCC1(CC2(O)CNC2)COC1. The van der Waals surface area contributed by atoms with Crippen molar-refractivity contribution in [1.29, 1.82) is 0 Å². The lowest BCUT2D eigenvalue weighted by Gasteiger charge is -2.49. The Labute approximate surface area is 73.1 Å². The van der Waals surface area contributed by atoms with Crippen LogP contribution in [0.5, 0.6) is 0 Å². The van der Waals surface area contributed by atoms with Crippen LogP contribution in [0.4, 0.5) is 0 Å². The van der Waals surface area contributed by atoms with E-state index in [4.69, 9.17) is 4.74 Å². The summed E-state index contributed by atoms with van der Waals surface area (Å²) in [6.45, 7) is 5.37. The molecule has 0 aromatic heterocycles. The van der Waals surface area contributed by atoms with Crippen LogP contribution in [0.1, 0.15) is 19.8 Å². The molecule has 3 heteroatoms. The minimum atomic E-state index is -0.431. The highest BCUT2D eigenvalue weighted by Crippen LogP contribution is 2.40. The fourth-order valence-corrected chi connectivity index (χ4v) is 2.06. The van der Waals surface area contributed by atoms with Crippen molar-refractivity contribution in [2.45, 2.75) is 25.4 Å². The summed E-state index contributed by atoms with van der Waals surface area (Å²) in [4.78, 5) is 0. The van der Waals surface area contributed by atoms with Crippen LogP contribution in [0.15, 0.2) is 0 Å². The smallest absolute Gasteiger partial charge is 0.0902 e. The Balaban J connectivity index is 1.91. The molecule has 2 rings (SSSR count). The van der Waals surface area contributed by atoms with Crippen LogP contribution in [-0.4, -0.2) is 37.0 Å². The zero-order chi connectivity index (χ0) is 8.66. The van der Waals surface area contributed by atoms with Crippen molar-refractivity contribution in [3.8, 4) is 0 Å². The van der Waals surface area contributed by atoms with Gasteiger partial charge in [-0.2, -0.15) is 0 Å². The number of β-amino-alcohol motifs (C(OH)–C–C–N with tert-alkyl or cyclic N) is 1. The second-order valence-corrected chi connectivity index (χ2v) is 4.35. The minimum absolute atomic E-state index is 0.289. The molecule has 2 N–H and O–H groups in total. The van der Waals surface area contributed by atoms with Crippen LogP contribution in [0, 0.1) is 5.41 Å². The molecule has 0 saturated carbocycles. The second kappa shape index (κ2) is 2.69. The van der Waals surface area contributed by atoms with E-state index < -0.39 is 5.60 Å². The first kappa shape index (κ1) is 8.48. The predicted octanol–water partition coefficient (Wildman–Crippen LogP) is 0.137. The molecule has 0 bridgehead atoms. The van der Waals surface area contributed by atoms with Gasteiger partial charge in [0.1, 0.15) is 0 Å². The van der Waals surface area contributed by atoms with Crippen LogP contribution in [0.25, 0.3) is 0 Å². The van der Waals surface area contributed by atoms with Crippen LogP contribution in [-0.2, 0) is 4.74 Å². The van der Waals surface area contributed by atoms with Crippen molar-refractivity contribution in [3.05, 3.63) is 0 Å². The van der Waals surface area contributed by atoms with Gasteiger partial charge < -0.3 is 15.2 Å². The van der Waals surface area contributed by atoms with Crippen molar-refractivity contribution in [2.24, 2.45) is 5.41 Å². The Hall–Kier alpha value is -0.120. The van der Waals surface area contributed by atoms with E-state index >= 15 is 0 Å². The van der Waals surface area contributed by atoms with E-state index in [2.05, 4.69) is 12.2 Å². The van der Waals surface area contributed by atoms with Crippen molar-refractivity contribution in [1.82, 2.24) is 5.32 Å². The topological polar surface area (TPSA) is 41.5 Å². The molecule has 70 valence electrons. The van der Waals surface area contributed by atoms with Crippen molar-refractivity contribution in [2.75, 3.05) is 26.3 Å². The molecule has 2 heterocycles. The lowest BCUT2D eigenvalue weighted by molar-refractivity contribution is -0.162. The van der Waals surface area contributed by atoms with E-state index in [1.807, 2.05) is 0 Å². The Morgan fingerprint density at radius 2 is 2.08 bits per heavy atom. The number of hydrogen-bond acceptors (Lipinski definition) is 3. The summed E-state index contributed by atoms with van der Waals surface area (Å²) in [7, 11) is 0. The van der Waals surface area contributed by atoms with Gasteiger partial charge in [0.2, 0.25) is 0 Å². The molecule has 2 fully saturated rings. The molecular formula is C9H17NO2. The number of nitrogens with one attached hydrogen (secondary N) is 1. The van der Waals surface area contributed by atoms with E-state index in [9.17, 15) is 5.11 Å². The first-order valence-electron chi connectivity index (χ1n) is 4.69. The lowest BCUT2D eigenvalue weighted by Crippen LogP contribution is -2.63. The summed E-state index contributed by atoms with van der Waals surface area (Å²) >= 11 is 0. The first-order chi connectivity index (χ1) is 5.68. The standard InChI is InChI=1S/C9H17NO2/c1-2-8(6-12-7-8)3-9(11)4-10-5-9/h10-11H,2-7H2,1H3. The Bertz CT molecular complexity index is 168. The average molecular weight is 171 g/mol. The van der Waals surface area contributed by atoms with Crippen LogP contribution in [0.3, 0.4) is 0 Å². The van der Waals surface area contributed by atoms with Crippen molar-refractivity contribution in [3.63, 3.8) is 0 Å². The molecule has 0 unspecified atom stereocenters. The average Bonchev–Trinajstić information content (AvgIpc) is 1.93. The van der Waals surface area contributed by atoms with Crippen LogP contribution in [0.2, 0.25) is 0 Å². The number of rotatable bonds is 3. The fraction of sp³-hybridized carbons (Fsp3) is 1.00. The maximum atomic E-state index is 9.92.